The summed E-state index contributed by atoms with van der Waals surface area (Å²) in [7, 11) is 0. The van der Waals surface area contributed by atoms with Crippen LogP contribution >= 0.6 is 0 Å². The van der Waals surface area contributed by atoms with Gasteiger partial charge in [-0.1, -0.05) is 6.07 Å². The maximum Gasteiger partial charge on any atom is 0.220 e. The maximum absolute atomic E-state index is 11.4. The van der Waals surface area contributed by atoms with Crippen LogP contribution in [0.1, 0.15) is 36.8 Å². The zero-order valence-electron chi connectivity index (χ0n) is 10.9. The molecule has 1 aliphatic rings. The standard InChI is InChI=1S/C14H21N3O/c1-11-7-12(10-16-8-11)9-15-6-2-3-14(18)17-13-4-5-13/h7-8,10,13,15H,2-6,9H2,1H3,(H,17,18). The molecule has 0 unspecified atom stereocenters. The number of nitrogens with zero attached hydrogens (tertiary/aromatic N) is 1. The number of amides is 1. The molecule has 2 N–H and O–H groups in total. The van der Waals surface area contributed by atoms with Crippen molar-refractivity contribution >= 4 is 5.91 Å². The summed E-state index contributed by atoms with van der Waals surface area (Å²) in [6, 6.07) is 2.60. The molecule has 0 radical (unpaired) electrons. The van der Waals surface area contributed by atoms with Gasteiger partial charge in [-0.15, -0.1) is 0 Å². The molecule has 0 saturated heterocycles. The highest BCUT2D eigenvalue weighted by Gasteiger charge is 2.22. The average Bonchev–Trinajstić information content (AvgIpc) is 3.12. The van der Waals surface area contributed by atoms with Crippen molar-refractivity contribution in [3.8, 4) is 0 Å². The molecule has 0 bridgehead atoms. The summed E-state index contributed by atoms with van der Waals surface area (Å²) in [6.45, 7) is 3.73. The Bertz CT molecular complexity index is 402. The fourth-order valence-corrected chi connectivity index (χ4v) is 1.85. The minimum absolute atomic E-state index is 0.191. The Morgan fingerprint density at radius 1 is 1.44 bits per heavy atom. The first kappa shape index (κ1) is 13.0. The third-order valence-electron chi connectivity index (χ3n) is 2.96. The molecule has 1 aromatic heterocycles. The molecule has 1 heterocycles. The van der Waals surface area contributed by atoms with E-state index in [4.69, 9.17) is 0 Å². The van der Waals surface area contributed by atoms with Crippen molar-refractivity contribution in [2.75, 3.05) is 6.54 Å². The van der Waals surface area contributed by atoms with Crippen LogP contribution in [0.25, 0.3) is 0 Å². The molecule has 0 aromatic carbocycles. The molecule has 18 heavy (non-hydrogen) atoms. The van der Waals surface area contributed by atoms with Gasteiger partial charge in [-0.25, -0.2) is 0 Å². The summed E-state index contributed by atoms with van der Waals surface area (Å²) in [5.74, 6) is 0.191. The minimum Gasteiger partial charge on any atom is -0.353 e. The molecular weight excluding hydrogens is 226 g/mol. The number of aryl methyl sites for hydroxylation is 1. The second kappa shape index (κ2) is 6.50. The number of hydrogen-bond acceptors (Lipinski definition) is 3. The number of rotatable bonds is 7. The Balaban J connectivity index is 1.54. The second-order valence-electron chi connectivity index (χ2n) is 4.99. The van der Waals surface area contributed by atoms with E-state index in [9.17, 15) is 4.79 Å². The van der Waals surface area contributed by atoms with Gasteiger partial charge in [0.1, 0.15) is 0 Å². The van der Waals surface area contributed by atoms with Crippen LogP contribution in [0.2, 0.25) is 0 Å². The van der Waals surface area contributed by atoms with Crippen LogP contribution in [0.15, 0.2) is 18.5 Å². The first-order valence-corrected chi connectivity index (χ1v) is 6.64. The summed E-state index contributed by atoms with van der Waals surface area (Å²) >= 11 is 0. The van der Waals surface area contributed by atoms with E-state index in [1.807, 2.05) is 19.3 Å². The highest BCUT2D eigenvalue weighted by molar-refractivity contribution is 5.76. The van der Waals surface area contributed by atoms with Gasteiger partial charge in [0.15, 0.2) is 0 Å². The molecule has 1 aliphatic carbocycles. The predicted molar refractivity (Wildman–Crippen MR) is 71.1 cm³/mol. The van der Waals surface area contributed by atoms with Crippen LogP contribution in [0.3, 0.4) is 0 Å². The number of nitrogens with one attached hydrogen (secondary N) is 2. The molecule has 98 valence electrons. The van der Waals surface area contributed by atoms with Gasteiger partial charge < -0.3 is 10.6 Å². The lowest BCUT2D eigenvalue weighted by Gasteiger charge is -2.06. The second-order valence-corrected chi connectivity index (χ2v) is 4.99. The van der Waals surface area contributed by atoms with E-state index < -0.39 is 0 Å². The third-order valence-corrected chi connectivity index (χ3v) is 2.96. The molecule has 4 nitrogen and oxygen atoms in total. The van der Waals surface area contributed by atoms with Crippen molar-refractivity contribution in [2.45, 2.75) is 45.2 Å². The van der Waals surface area contributed by atoms with Gasteiger partial charge in [0.25, 0.3) is 0 Å². The number of pyridine rings is 1. The highest BCUT2D eigenvalue weighted by atomic mass is 16.1. The topological polar surface area (TPSA) is 54.0 Å². The van der Waals surface area contributed by atoms with Crippen LogP contribution in [-0.4, -0.2) is 23.5 Å². The van der Waals surface area contributed by atoms with Crippen molar-refractivity contribution in [1.82, 2.24) is 15.6 Å². The summed E-state index contributed by atoms with van der Waals surface area (Å²) < 4.78 is 0. The van der Waals surface area contributed by atoms with E-state index in [1.165, 1.54) is 11.1 Å². The molecule has 1 fully saturated rings. The van der Waals surface area contributed by atoms with Crippen LogP contribution in [-0.2, 0) is 11.3 Å². The van der Waals surface area contributed by atoms with Crippen molar-refractivity contribution in [3.05, 3.63) is 29.6 Å². The van der Waals surface area contributed by atoms with Gasteiger partial charge in [-0.2, -0.15) is 0 Å². The Kier molecular flexibility index (Phi) is 4.70. The van der Waals surface area contributed by atoms with Gasteiger partial charge in [-0.3, -0.25) is 9.78 Å². The third kappa shape index (κ3) is 4.84. The molecule has 1 amide bonds. The monoisotopic (exact) mass is 247 g/mol. The molecule has 4 heteroatoms. The Hall–Kier alpha value is -1.42. The first-order chi connectivity index (χ1) is 8.74. The zero-order chi connectivity index (χ0) is 12.8. The van der Waals surface area contributed by atoms with E-state index in [-0.39, 0.29) is 5.91 Å². The minimum atomic E-state index is 0.191. The van der Waals surface area contributed by atoms with E-state index in [1.54, 1.807) is 0 Å². The van der Waals surface area contributed by atoms with Crippen LogP contribution in [0.5, 0.6) is 0 Å². The van der Waals surface area contributed by atoms with Gasteiger partial charge in [0.05, 0.1) is 0 Å². The van der Waals surface area contributed by atoms with Gasteiger partial charge in [0, 0.05) is 31.4 Å². The molecule has 0 atom stereocenters. The van der Waals surface area contributed by atoms with Crippen molar-refractivity contribution < 1.29 is 4.79 Å². The lowest BCUT2D eigenvalue weighted by atomic mass is 10.2. The fourth-order valence-electron chi connectivity index (χ4n) is 1.85. The fraction of sp³-hybridized carbons (Fsp3) is 0.571. The van der Waals surface area contributed by atoms with E-state index >= 15 is 0 Å². The first-order valence-electron chi connectivity index (χ1n) is 6.64. The molecule has 1 aromatic rings. The van der Waals surface area contributed by atoms with Gasteiger partial charge in [0.2, 0.25) is 5.91 Å². The normalized spacial score (nSPS) is 14.5. The average molecular weight is 247 g/mol. The zero-order valence-corrected chi connectivity index (χ0v) is 10.9. The lowest BCUT2D eigenvalue weighted by molar-refractivity contribution is -0.121. The summed E-state index contributed by atoms with van der Waals surface area (Å²) in [5.41, 5.74) is 2.37. The Morgan fingerprint density at radius 2 is 2.28 bits per heavy atom. The van der Waals surface area contributed by atoms with Crippen molar-refractivity contribution in [3.63, 3.8) is 0 Å². The Morgan fingerprint density at radius 3 is 3.00 bits per heavy atom. The lowest BCUT2D eigenvalue weighted by Crippen LogP contribution is -2.26. The van der Waals surface area contributed by atoms with E-state index in [0.29, 0.717) is 12.5 Å². The van der Waals surface area contributed by atoms with Crippen molar-refractivity contribution in [2.24, 2.45) is 0 Å². The molecule has 2 rings (SSSR count). The van der Waals surface area contributed by atoms with Gasteiger partial charge in [-0.05, 0) is 43.9 Å². The highest BCUT2D eigenvalue weighted by Crippen LogP contribution is 2.18. The number of carbonyl (C=O) groups is 1. The summed E-state index contributed by atoms with van der Waals surface area (Å²) in [4.78, 5) is 15.6. The summed E-state index contributed by atoms with van der Waals surface area (Å²) in [6.07, 6.45) is 7.55. The quantitative estimate of drug-likeness (QED) is 0.719. The molecule has 0 aliphatic heterocycles. The van der Waals surface area contributed by atoms with Crippen molar-refractivity contribution in [1.29, 1.82) is 0 Å². The number of aromatic nitrogens is 1. The van der Waals surface area contributed by atoms with Crippen LogP contribution < -0.4 is 10.6 Å². The van der Waals surface area contributed by atoms with Crippen LogP contribution in [0.4, 0.5) is 0 Å². The van der Waals surface area contributed by atoms with E-state index in [0.717, 1.165) is 32.4 Å². The summed E-state index contributed by atoms with van der Waals surface area (Å²) in [5, 5.41) is 6.33. The number of hydrogen-bond donors (Lipinski definition) is 2. The predicted octanol–water partition coefficient (Wildman–Crippen LogP) is 1.54. The molecule has 0 spiro atoms. The van der Waals surface area contributed by atoms with E-state index in [2.05, 4.69) is 21.7 Å². The molecular formula is C14H21N3O. The maximum atomic E-state index is 11.4. The smallest absolute Gasteiger partial charge is 0.220 e. The molecule has 1 saturated carbocycles. The Labute approximate surface area is 108 Å². The SMILES string of the molecule is Cc1cncc(CNCCCC(=O)NC2CC2)c1. The number of carbonyl (C=O) groups excluding carboxylic acids is 1. The van der Waals surface area contributed by atoms with Crippen LogP contribution in [0, 0.1) is 6.92 Å². The van der Waals surface area contributed by atoms with Gasteiger partial charge >= 0.3 is 0 Å². The largest absolute Gasteiger partial charge is 0.353 e.